The van der Waals surface area contributed by atoms with Gasteiger partial charge in [0.25, 0.3) is 5.91 Å². The van der Waals surface area contributed by atoms with Gasteiger partial charge in [-0.3, -0.25) is 9.59 Å². The monoisotopic (exact) mass is 363 g/mol. The molecular weight excluding hydrogens is 342 g/mol. The van der Waals surface area contributed by atoms with Crippen LogP contribution in [-0.2, 0) is 0 Å². The van der Waals surface area contributed by atoms with Crippen LogP contribution in [0.1, 0.15) is 47.5 Å². The van der Waals surface area contributed by atoms with Crippen LogP contribution in [0.4, 0.5) is 0 Å². The quantitative estimate of drug-likeness (QED) is 0.683. The number of benzene rings is 2. The van der Waals surface area contributed by atoms with Crippen LogP contribution in [0.15, 0.2) is 57.7 Å². The van der Waals surface area contributed by atoms with Gasteiger partial charge in [-0.15, -0.1) is 0 Å². The number of carbonyl (C=O) groups excluding carboxylic acids is 1. The van der Waals surface area contributed by atoms with Gasteiger partial charge < -0.3 is 14.1 Å². The molecule has 4 rings (SSSR count). The molecule has 2 aromatic carbocycles. The maximum absolute atomic E-state index is 13.3. The minimum absolute atomic E-state index is 0.146. The fourth-order valence-corrected chi connectivity index (χ4v) is 3.68. The molecule has 1 atom stereocenters. The zero-order valence-corrected chi connectivity index (χ0v) is 15.4. The van der Waals surface area contributed by atoms with Gasteiger partial charge in [-0.2, -0.15) is 0 Å². The van der Waals surface area contributed by atoms with E-state index in [1.807, 2.05) is 24.3 Å². The van der Waals surface area contributed by atoms with Crippen molar-refractivity contribution in [2.24, 2.45) is 0 Å². The number of hydrogen-bond acceptors (Lipinski definition) is 4. The summed E-state index contributed by atoms with van der Waals surface area (Å²) in [6, 6.07) is 14.1. The summed E-state index contributed by atoms with van der Waals surface area (Å²) in [5, 5.41) is 0.495. The lowest BCUT2D eigenvalue weighted by Gasteiger charge is -2.25. The van der Waals surface area contributed by atoms with Crippen molar-refractivity contribution >= 4 is 16.9 Å². The fourth-order valence-electron chi connectivity index (χ4n) is 3.68. The number of ether oxygens (including phenoxy) is 1. The van der Waals surface area contributed by atoms with E-state index < -0.39 is 6.04 Å². The largest absolute Gasteiger partial charge is 0.497 e. The Hall–Kier alpha value is -3.08. The third-order valence-corrected chi connectivity index (χ3v) is 5.04. The summed E-state index contributed by atoms with van der Waals surface area (Å²) in [7, 11) is 1.60. The molecule has 0 N–H and O–H groups in total. The highest BCUT2D eigenvalue weighted by atomic mass is 16.5. The molecule has 138 valence electrons. The van der Waals surface area contributed by atoms with Crippen LogP contribution in [0.5, 0.6) is 5.75 Å². The number of fused-ring (bicyclic) bond motifs is 2. The minimum atomic E-state index is -0.463. The van der Waals surface area contributed by atoms with Gasteiger partial charge in [-0.25, -0.2) is 0 Å². The maximum Gasteiger partial charge on any atom is 0.290 e. The summed E-state index contributed by atoms with van der Waals surface area (Å²) in [5.74, 6) is 0.616. The first kappa shape index (κ1) is 17.3. The minimum Gasteiger partial charge on any atom is -0.497 e. The molecule has 2 heterocycles. The summed E-state index contributed by atoms with van der Waals surface area (Å²) < 4.78 is 11.2. The molecule has 1 amide bonds. The molecule has 1 aromatic heterocycles. The Kier molecular flexibility index (Phi) is 4.44. The molecule has 0 fully saturated rings. The number of hydrogen-bond donors (Lipinski definition) is 0. The topological polar surface area (TPSA) is 59.8 Å². The molecule has 0 saturated carbocycles. The normalized spacial score (nSPS) is 16.0. The third-order valence-electron chi connectivity index (χ3n) is 5.04. The van der Waals surface area contributed by atoms with Crippen LogP contribution in [0, 0.1) is 0 Å². The predicted octanol–water partition coefficient (Wildman–Crippen LogP) is 4.15. The fraction of sp³-hybridized carbons (Fsp3) is 0.273. The summed E-state index contributed by atoms with van der Waals surface area (Å²) in [6.45, 7) is 2.64. The van der Waals surface area contributed by atoms with Gasteiger partial charge in [0.15, 0.2) is 5.43 Å². The Morgan fingerprint density at radius 1 is 1.11 bits per heavy atom. The molecule has 27 heavy (non-hydrogen) atoms. The van der Waals surface area contributed by atoms with Gasteiger partial charge in [-0.1, -0.05) is 37.6 Å². The molecule has 3 aromatic rings. The van der Waals surface area contributed by atoms with Crippen LogP contribution in [-0.4, -0.2) is 24.5 Å². The van der Waals surface area contributed by atoms with Gasteiger partial charge in [0, 0.05) is 6.54 Å². The second-order valence-electron chi connectivity index (χ2n) is 6.70. The number of para-hydroxylation sites is 1. The first-order valence-electron chi connectivity index (χ1n) is 9.16. The Morgan fingerprint density at radius 3 is 2.70 bits per heavy atom. The van der Waals surface area contributed by atoms with E-state index in [0.29, 0.717) is 28.8 Å². The van der Waals surface area contributed by atoms with Gasteiger partial charge >= 0.3 is 0 Å². The van der Waals surface area contributed by atoms with Crippen molar-refractivity contribution in [1.29, 1.82) is 0 Å². The van der Waals surface area contributed by atoms with E-state index in [-0.39, 0.29) is 17.1 Å². The Morgan fingerprint density at radius 2 is 1.93 bits per heavy atom. The molecule has 0 aliphatic carbocycles. The first-order chi connectivity index (χ1) is 13.2. The predicted molar refractivity (Wildman–Crippen MR) is 103 cm³/mol. The maximum atomic E-state index is 13.3. The lowest BCUT2D eigenvalue weighted by Crippen LogP contribution is -2.30. The van der Waals surface area contributed by atoms with E-state index in [1.165, 1.54) is 0 Å². The summed E-state index contributed by atoms with van der Waals surface area (Å²) in [5.41, 5.74) is 1.56. The second-order valence-corrected chi connectivity index (χ2v) is 6.70. The van der Waals surface area contributed by atoms with Crippen LogP contribution in [0.2, 0.25) is 0 Å². The number of carbonyl (C=O) groups is 1. The SMILES string of the molecule is CCCCN1C(=O)c2oc3ccccc3c(=O)c2C1c1cccc(OC)c1. The van der Waals surface area contributed by atoms with Crippen LogP contribution in [0.3, 0.4) is 0 Å². The Bertz CT molecular complexity index is 1070. The van der Waals surface area contributed by atoms with E-state index in [1.54, 1.807) is 36.3 Å². The lowest BCUT2D eigenvalue weighted by molar-refractivity contribution is 0.0725. The molecule has 0 saturated heterocycles. The average molecular weight is 363 g/mol. The van der Waals surface area contributed by atoms with E-state index in [0.717, 1.165) is 18.4 Å². The van der Waals surface area contributed by atoms with E-state index in [4.69, 9.17) is 9.15 Å². The summed E-state index contributed by atoms with van der Waals surface area (Å²) in [4.78, 5) is 28.1. The zero-order valence-electron chi connectivity index (χ0n) is 15.4. The van der Waals surface area contributed by atoms with E-state index >= 15 is 0 Å². The van der Waals surface area contributed by atoms with Crippen molar-refractivity contribution in [3.05, 3.63) is 75.6 Å². The molecular formula is C22H21NO4. The number of nitrogens with zero attached hydrogens (tertiary/aromatic N) is 1. The van der Waals surface area contributed by atoms with Gasteiger partial charge in [0.2, 0.25) is 5.76 Å². The highest BCUT2D eigenvalue weighted by molar-refractivity contribution is 5.99. The molecule has 1 aliphatic heterocycles. The smallest absolute Gasteiger partial charge is 0.290 e. The van der Waals surface area contributed by atoms with Gasteiger partial charge in [-0.05, 0) is 36.2 Å². The van der Waals surface area contributed by atoms with Crippen LogP contribution in [0.25, 0.3) is 11.0 Å². The Labute approximate surface area is 157 Å². The van der Waals surface area contributed by atoms with Crippen LogP contribution >= 0.6 is 0 Å². The van der Waals surface area contributed by atoms with Gasteiger partial charge in [0.1, 0.15) is 11.3 Å². The molecule has 1 aliphatic rings. The Balaban J connectivity index is 1.96. The van der Waals surface area contributed by atoms with Crippen molar-refractivity contribution in [2.75, 3.05) is 13.7 Å². The zero-order chi connectivity index (χ0) is 19.0. The average Bonchev–Trinajstić information content (AvgIpc) is 2.99. The molecule has 5 nitrogen and oxygen atoms in total. The van der Waals surface area contributed by atoms with Crippen molar-refractivity contribution in [2.45, 2.75) is 25.8 Å². The number of methoxy groups -OCH3 is 1. The molecule has 0 bridgehead atoms. The van der Waals surface area contributed by atoms with Crippen molar-refractivity contribution in [1.82, 2.24) is 4.90 Å². The first-order valence-corrected chi connectivity index (χ1v) is 9.16. The standard InChI is InChI=1S/C22H21NO4/c1-3-4-12-23-19(14-8-7-9-15(13-14)26-2)18-20(24)16-10-5-6-11-17(16)27-21(18)22(23)25/h5-11,13,19H,3-4,12H2,1-2H3. The van der Waals surface area contributed by atoms with Crippen molar-refractivity contribution in [3.8, 4) is 5.75 Å². The summed E-state index contributed by atoms with van der Waals surface area (Å²) in [6.07, 6.45) is 1.81. The molecule has 1 unspecified atom stereocenters. The third kappa shape index (κ3) is 2.79. The lowest BCUT2D eigenvalue weighted by atomic mass is 9.98. The number of rotatable bonds is 5. The number of unbranched alkanes of at least 4 members (excludes halogenated alkanes) is 1. The molecule has 0 spiro atoms. The van der Waals surface area contributed by atoms with Crippen LogP contribution < -0.4 is 10.2 Å². The summed E-state index contributed by atoms with van der Waals surface area (Å²) >= 11 is 0. The molecule has 5 heteroatoms. The highest BCUT2D eigenvalue weighted by Gasteiger charge is 2.42. The van der Waals surface area contributed by atoms with Crippen molar-refractivity contribution < 1.29 is 13.9 Å². The van der Waals surface area contributed by atoms with E-state index in [9.17, 15) is 9.59 Å². The highest BCUT2D eigenvalue weighted by Crippen LogP contribution is 2.39. The molecule has 0 radical (unpaired) electrons. The van der Waals surface area contributed by atoms with E-state index in [2.05, 4.69) is 6.92 Å². The second kappa shape index (κ2) is 6.91. The van der Waals surface area contributed by atoms with Crippen molar-refractivity contribution in [3.63, 3.8) is 0 Å². The van der Waals surface area contributed by atoms with Gasteiger partial charge in [0.05, 0.1) is 24.1 Å². The number of amides is 1.